The smallest absolute Gasteiger partial charge is 0.294 e. The van der Waals surface area contributed by atoms with Gasteiger partial charge in [0, 0.05) is 42.6 Å². The van der Waals surface area contributed by atoms with Crippen molar-refractivity contribution in [3.05, 3.63) is 40.1 Å². The maximum atomic E-state index is 11.1. The average Bonchev–Trinajstić information content (AvgIpc) is 3.12. The number of aryl methyl sites for hydroxylation is 1. The number of benzene rings is 1. The lowest BCUT2D eigenvalue weighted by Crippen LogP contribution is -2.32. The highest BCUT2D eigenvalue weighted by Crippen LogP contribution is 2.27. The molecule has 3 rings (SSSR count). The van der Waals surface area contributed by atoms with Crippen molar-refractivity contribution in [3.63, 3.8) is 0 Å². The lowest BCUT2D eigenvalue weighted by atomic mass is 10.2. The monoisotopic (exact) mass is 385 g/mol. The van der Waals surface area contributed by atoms with Gasteiger partial charge >= 0.3 is 0 Å². The van der Waals surface area contributed by atoms with E-state index < -0.39 is 4.92 Å². The highest BCUT2D eigenvalue weighted by molar-refractivity contribution is 5.68. The van der Waals surface area contributed by atoms with E-state index in [2.05, 4.69) is 39.3 Å². The molecule has 150 valence electrons. The van der Waals surface area contributed by atoms with Gasteiger partial charge in [-0.2, -0.15) is 4.98 Å². The first kappa shape index (κ1) is 19.8. The van der Waals surface area contributed by atoms with E-state index in [1.807, 2.05) is 6.07 Å². The van der Waals surface area contributed by atoms with E-state index in [0.717, 1.165) is 50.4 Å². The van der Waals surface area contributed by atoms with Gasteiger partial charge in [-0.1, -0.05) is 20.3 Å². The Balaban J connectivity index is 1.85. The minimum absolute atomic E-state index is 0.128. The van der Waals surface area contributed by atoms with Gasteiger partial charge in [0.15, 0.2) is 0 Å². The molecule has 1 unspecified atom stereocenters. The van der Waals surface area contributed by atoms with Gasteiger partial charge in [-0.3, -0.25) is 10.1 Å². The van der Waals surface area contributed by atoms with Crippen LogP contribution in [0.5, 0.6) is 0 Å². The molecule has 28 heavy (non-hydrogen) atoms. The zero-order chi connectivity index (χ0) is 20.1. The molecule has 9 heteroatoms. The second-order valence-electron chi connectivity index (χ2n) is 6.94. The number of nitro groups is 1. The van der Waals surface area contributed by atoms with Gasteiger partial charge in [0.25, 0.3) is 5.69 Å². The summed E-state index contributed by atoms with van der Waals surface area (Å²) >= 11 is 0. The number of hydrogen-bond donors (Lipinski definition) is 3. The molecule has 1 aliphatic rings. The molecule has 0 aliphatic carbocycles. The summed E-state index contributed by atoms with van der Waals surface area (Å²) in [6.07, 6.45) is 2.90. The number of nitro benzene ring substituents is 1. The molecule has 0 saturated carbocycles. The fourth-order valence-corrected chi connectivity index (χ4v) is 3.42. The molecule has 0 bridgehead atoms. The van der Waals surface area contributed by atoms with Crippen LogP contribution in [0.15, 0.2) is 24.3 Å². The van der Waals surface area contributed by atoms with Crippen LogP contribution >= 0.6 is 0 Å². The Hall–Kier alpha value is -2.94. The van der Waals surface area contributed by atoms with Crippen molar-refractivity contribution in [2.45, 2.75) is 39.2 Å². The summed E-state index contributed by atoms with van der Waals surface area (Å²) in [5.41, 5.74) is 7.16. The second kappa shape index (κ2) is 8.83. The summed E-state index contributed by atoms with van der Waals surface area (Å²) in [7, 11) is 0. The van der Waals surface area contributed by atoms with Crippen LogP contribution in [-0.4, -0.2) is 40.6 Å². The van der Waals surface area contributed by atoms with Gasteiger partial charge in [0.2, 0.25) is 5.95 Å². The quantitative estimate of drug-likeness (QED) is 0.360. The third kappa shape index (κ3) is 4.66. The van der Waals surface area contributed by atoms with Crippen molar-refractivity contribution in [2.75, 3.05) is 35.6 Å². The standard InChI is InChI=1S/C19H27N7O2/c1-3-5-13-11-18(25-9-8-15(12-25)21-4-2)24-19(22-13)23-14-6-7-16(20)17(10-14)26(27)28/h6-7,10-11,15,21H,3-5,8-9,12,20H2,1-2H3,(H,22,23,24). The first-order valence-corrected chi connectivity index (χ1v) is 9.67. The Morgan fingerprint density at radius 1 is 1.32 bits per heavy atom. The molecule has 2 aromatic rings. The fourth-order valence-electron chi connectivity index (χ4n) is 3.42. The zero-order valence-corrected chi connectivity index (χ0v) is 16.3. The molecule has 1 aromatic heterocycles. The molecule has 0 spiro atoms. The van der Waals surface area contributed by atoms with Crippen molar-refractivity contribution in [1.29, 1.82) is 0 Å². The Bertz CT molecular complexity index is 843. The van der Waals surface area contributed by atoms with Crippen LogP contribution in [0, 0.1) is 10.1 Å². The molecule has 0 radical (unpaired) electrons. The van der Waals surface area contributed by atoms with Gasteiger partial charge in [0.05, 0.1) is 4.92 Å². The fraction of sp³-hybridized carbons (Fsp3) is 0.474. The number of nitrogens with zero attached hydrogens (tertiary/aromatic N) is 4. The maximum absolute atomic E-state index is 11.1. The van der Waals surface area contributed by atoms with E-state index in [-0.39, 0.29) is 11.4 Å². The summed E-state index contributed by atoms with van der Waals surface area (Å²) < 4.78 is 0. The van der Waals surface area contributed by atoms with Gasteiger partial charge in [0.1, 0.15) is 11.5 Å². The van der Waals surface area contributed by atoms with Gasteiger partial charge in [-0.05, 0) is 31.5 Å². The van der Waals surface area contributed by atoms with E-state index in [4.69, 9.17) is 5.73 Å². The maximum Gasteiger partial charge on any atom is 0.294 e. The van der Waals surface area contributed by atoms with Crippen molar-refractivity contribution in [2.24, 2.45) is 0 Å². The highest BCUT2D eigenvalue weighted by atomic mass is 16.6. The molecule has 1 aliphatic heterocycles. The summed E-state index contributed by atoms with van der Waals surface area (Å²) in [5, 5.41) is 17.7. The van der Waals surface area contributed by atoms with Crippen LogP contribution in [0.25, 0.3) is 0 Å². The van der Waals surface area contributed by atoms with Crippen LogP contribution in [-0.2, 0) is 6.42 Å². The van der Waals surface area contributed by atoms with E-state index in [9.17, 15) is 10.1 Å². The number of nitrogens with two attached hydrogens (primary N) is 1. The lowest BCUT2D eigenvalue weighted by Gasteiger charge is -2.19. The number of likely N-dealkylation sites (N-methyl/N-ethyl adjacent to an activating group) is 1. The first-order chi connectivity index (χ1) is 13.5. The van der Waals surface area contributed by atoms with E-state index in [1.165, 1.54) is 12.1 Å². The SMILES string of the molecule is CCCc1cc(N2CCC(NCC)C2)nc(Nc2ccc(N)c([N+](=O)[O-])c2)n1. The summed E-state index contributed by atoms with van der Waals surface area (Å²) in [4.78, 5) is 22.1. The predicted octanol–water partition coefficient (Wildman–Crippen LogP) is 2.85. The topological polar surface area (TPSA) is 122 Å². The van der Waals surface area contributed by atoms with Crippen molar-refractivity contribution < 1.29 is 4.92 Å². The van der Waals surface area contributed by atoms with Crippen LogP contribution in [0.1, 0.15) is 32.4 Å². The number of anilines is 4. The van der Waals surface area contributed by atoms with Gasteiger partial charge in [-0.25, -0.2) is 4.98 Å². The number of rotatable bonds is 8. The predicted molar refractivity (Wildman–Crippen MR) is 111 cm³/mol. The van der Waals surface area contributed by atoms with Gasteiger partial charge < -0.3 is 21.3 Å². The molecule has 1 atom stereocenters. The number of hydrogen-bond acceptors (Lipinski definition) is 8. The molecule has 1 fully saturated rings. The molecule has 4 N–H and O–H groups in total. The molecule has 2 heterocycles. The lowest BCUT2D eigenvalue weighted by molar-refractivity contribution is -0.383. The Kier molecular flexibility index (Phi) is 6.25. The van der Waals surface area contributed by atoms with Crippen LogP contribution in [0.4, 0.5) is 28.8 Å². The van der Waals surface area contributed by atoms with Gasteiger partial charge in [-0.15, -0.1) is 0 Å². The summed E-state index contributed by atoms with van der Waals surface area (Å²) in [6.45, 7) is 7.01. The second-order valence-corrected chi connectivity index (χ2v) is 6.94. The van der Waals surface area contributed by atoms with Crippen LogP contribution in [0.3, 0.4) is 0 Å². The van der Waals surface area contributed by atoms with E-state index in [1.54, 1.807) is 6.07 Å². The van der Waals surface area contributed by atoms with Crippen molar-refractivity contribution >= 4 is 28.8 Å². The minimum Gasteiger partial charge on any atom is -0.393 e. The van der Waals surface area contributed by atoms with Crippen LogP contribution in [0.2, 0.25) is 0 Å². The number of aromatic nitrogens is 2. The summed E-state index contributed by atoms with van der Waals surface area (Å²) in [6, 6.07) is 7.11. The summed E-state index contributed by atoms with van der Waals surface area (Å²) in [5.74, 6) is 1.32. The van der Waals surface area contributed by atoms with E-state index in [0.29, 0.717) is 17.7 Å². The number of nitrogen functional groups attached to an aromatic ring is 1. The zero-order valence-electron chi connectivity index (χ0n) is 16.3. The third-order valence-electron chi connectivity index (χ3n) is 4.76. The minimum atomic E-state index is -0.495. The largest absolute Gasteiger partial charge is 0.393 e. The Labute approximate surface area is 164 Å². The molecule has 9 nitrogen and oxygen atoms in total. The van der Waals surface area contributed by atoms with Crippen LogP contribution < -0.4 is 21.3 Å². The van der Waals surface area contributed by atoms with Crippen molar-refractivity contribution in [3.8, 4) is 0 Å². The highest BCUT2D eigenvalue weighted by Gasteiger charge is 2.23. The normalized spacial score (nSPS) is 16.4. The average molecular weight is 385 g/mol. The van der Waals surface area contributed by atoms with E-state index >= 15 is 0 Å². The molecule has 0 amide bonds. The number of nitrogens with one attached hydrogen (secondary N) is 2. The molecular formula is C19H27N7O2. The molecule has 1 aromatic carbocycles. The molecular weight excluding hydrogens is 358 g/mol. The van der Waals surface area contributed by atoms with Crippen molar-refractivity contribution in [1.82, 2.24) is 15.3 Å². The first-order valence-electron chi connectivity index (χ1n) is 9.67. The Morgan fingerprint density at radius 2 is 2.14 bits per heavy atom. The molecule has 1 saturated heterocycles. The third-order valence-corrected chi connectivity index (χ3v) is 4.76. The Morgan fingerprint density at radius 3 is 2.86 bits per heavy atom.